The van der Waals surface area contributed by atoms with Crippen LogP contribution in [-0.4, -0.2) is 83.2 Å². The van der Waals surface area contributed by atoms with E-state index >= 15 is 0 Å². The van der Waals surface area contributed by atoms with Crippen LogP contribution in [-0.2, 0) is 17.6 Å². The van der Waals surface area contributed by atoms with E-state index < -0.39 is 42.0 Å². The van der Waals surface area contributed by atoms with E-state index in [1.54, 1.807) is 31.2 Å². The Hall–Kier alpha value is -4.64. The van der Waals surface area contributed by atoms with Crippen molar-refractivity contribution in [3.8, 4) is 34.8 Å². The van der Waals surface area contributed by atoms with Gasteiger partial charge in [-0.2, -0.15) is 5.26 Å². The van der Waals surface area contributed by atoms with Crippen molar-refractivity contribution in [3.05, 3.63) is 73.2 Å². The normalized spacial score (nSPS) is 24.9. The van der Waals surface area contributed by atoms with Crippen LogP contribution in [0.3, 0.4) is 0 Å². The molecule has 13 heteroatoms. The van der Waals surface area contributed by atoms with Crippen molar-refractivity contribution >= 4 is 33.7 Å². The Morgan fingerprint density at radius 2 is 1.67 bits per heavy atom. The minimum atomic E-state index is -0.760. The molecule has 1 saturated heterocycles. The minimum Gasteiger partial charge on any atom is -0.504 e. The molecule has 0 unspecified atom stereocenters. The highest BCUT2D eigenvalue weighted by molar-refractivity contribution is 9.10. The summed E-state index contributed by atoms with van der Waals surface area (Å²) in [6.45, 7) is 4.82. The lowest BCUT2D eigenvalue weighted by Gasteiger charge is -2.60. The van der Waals surface area contributed by atoms with Crippen molar-refractivity contribution in [2.24, 2.45) is 0 Å². The highest BCUT2D eigenvalue weighted by atomic mass is 79.9. The van der Waals surface area contributed by atoms with Gasteiger partial charge in [0.25, 0.3) is 11.8 Å². The first-order valence-electron chi connectivity index (χ1n) is 16.0. The maximum Gasteiger partial charge on any atom is 0.308 e. The number of esters is 1. The van der Waals surface area contributed by atoms with Crippen LogP contribution in [0.5, 0.6) is 28.7 Å². The number of hydrogen-bond acceptors (Lipinski definition) is 11. The van der Waals surface area contributed by atoms with E-state index in [9.17, 15) is 24.8 Å². The number of nitriles is 1. The highest BCUT2D eigenvalue weighted by Crippen LogP contribution is 2.59. The molecule has 0 aliphatic carbocycles. The van der Waals surface area contributed by atoms with Gasteiger partial charge in [0.05, 0.1) is 36.4 Å². The van der Waals surface area contributed by atoms with Crippen LogP contribution in [0.1, 0.15) is 73.1 Å². The quantitative estimate of drug-likeness (QED) is 0.231. The van der Waals surface area contributed by atoms with Gasteiger partial charge in [-0.3, -0.25) is 29.1 Å². The summed E-state index contributed by atoms with van der Waals surface area (Å²) in [4.78, 5) is 45.7. The van der Waals surface area contributed by atoms with E-state index in [0.29, 0.717) is 69.2 Å². The molecule has 12 nitrogen and oxygen atoms in total. The Morgan fingerprint density at radius 3 is 2.31 bits per heavy atom. The largest absolute Gasteiger partial charge is 0.504 e. The molecule has 0 saturated carbocycles. The first-order valence-corrected chi connectivity index (χ1v) is 16.8. The second-order valence-corrected chi connectivity index (χ2v) is 14.0. The maximum atomic E-state index is 13.8. The van der Waals surface area contributed by atoms with Gasteiger partial charge >= 0.3 is 5.97 Å². The fourth-order valence-corrected chi connectivity index (χ4v) is 9.44. The summed E-state index contributed by atoms with van der Waals surface area (Å²) in [5.41, 5.74) is 4.80. The van der Waals surface area contributed by atoms with Crippen LogP contribution in [0.4, 0.5) is 0 Å². The molecule has 0 spiro atoms. The summed E-state index contributed by atoms with van der Waals surface area (Å²) in [5.74, 6) is 0.159. The van der Waals surface area contributed by atoms with E-state index in [1.807, 2.05) is 14.0 Å². The van der Waals surface area contributed by atoms with E-state index in [1.165, 1.54) is 18.9 Å². The molecule has 252 valence electrons. The van der Waals surface area contributed by atoms with Gasteiger partial charge in [-0.05, 0) is 51.4 Å². The Labute approximate surface area is 290 Å². The van der Waals surface area contributed by atoms with Gasteiger partial charge in [-0.25, -0.2) is 0 Å². The second kappa shape index (κ2) is 11.2. The van der Waals surface area contributed by atoms with Crippen molar-refractivity contribution in [1.29, 1.82) is 5.26 Å². The third kappa shape index (κ3) is 4.23. The standard InChI is InChI=1S/C36H33BrN4O8/c1-15-28(37)20-10-22-24(12-38)41-23(29(39(22)4)27(20)30(43)32(15)46-5)11-21-26(34-33(47-14-48-34)16(2)31(21)49-17(3)42)25(41)13-40-35(44)18-8-6-7-9-19(18)36(40)45/h6-9,22-25,29,43H,10-11,13-14H2,1-5H3/t22-,23+,24+,25+,29+/m1/s1. The number of methoxy groups -OCH3 is 1. The molecular weight excluding hydrogens is 696 g/mol. The number of piperazine rings is 1. The van der Waals surface area contributed by atoms with Gasteiger partial charge < -0.3 is 24.1 Å². The minimum absolute atomic E-state index is 0.0219. The molecule has 5 heterocycles. The molecule has 5 aliphatic rings. The summed E-state index contributed by atoms with van der Waals surface area (Å²) in [6.07, 6.45) is 0.736. The number of rotatable bonds is 4. The van der Waals surface area contributed by atoms with Crippen molar-refractivity contribution in [2.75, 3.05) is 27.5 Å². The number of nitrogens with zero attached hydrogens (tertiary/aromatic N) is 4. The lowest BCUT2D eigenvalue weighted by Crippen LogP contribution is -2.69. The van der Waals surface area contributed by atoms with Gasteiger partial charge in [0.15, 0.2) is 23.0 Å². The number of phenolic OH excluding ortho intramolecular Hbond substituents is 1. The predicted molar refractivity (Wildman–Crippen MR) is 177 cm³/mol. The summed E-state index contributed by atoms with van der Waals surface area (Å²) >= 11 is 3.78. The fraction of sp³-hybridized carbons (Fsp3) is 0.389. The summed E-state index contributed by atoms with van der Waals surface area (Å²) in [6, 6.07) is 6.55. The third-order valence-electron chi connectivity index (χ3n) is 10.9. The molecule has 3 aromatic rings. The number of benzene rings is 3. The van der Waals surface area contributed by atoms with Crippen LogP contribution in [0.15, 0.2) is 28.7 Å². The fourth-order valence-electron chi connectivity index (χ4n) is 8.88. The Morgan fingerprint density at radius 1 is 1.02 bits per heavy atom. The molecule has 3 aromatic carbocycles. The summed E-state index contributed by atoms with van der Waals surface area (Å²) < 4.78 is 24.4. The number of imide groups is 1. The molecule has 1 fully saturated rings. The SMILES string of the molecule is COc1c(C)c(Br)c2c(c1O)[C@@H]1[C@@H]3Cc4c(OC(C)=O)c(C)c5c(c4[C@H](CN4C(=O)c6ccccc6C4=O)N3[C@@H](C#N)[C@@H](C2)N1C)OCO5. The van der Waals surface area contributed by atoms with Crippen molar-refractivity contribution in [1.82, 2.24) is 14.7 Å². The van der Waals surface area contributed by atoms with Crippen LogP contribution in [0.2, 0.25) is 0 Å². The Balaban J connectivity index is 1.39. The molecule has 0 radical (unpaired) electrons. The number of carbonyl (C=O) groups excluding carboxylic acids is 3. The lowest BCUT2D eigenvalue weighted by molar-refractivity contribution is -0.132. The average molecular weight is 730 g/mol. The first-order chi connectivity index (χ1) is 23.5. The monoisotopic (exact) mass is 728 g/mol. The Kier molecular flexibility index (Phi) is 7.22. The van der Waals surface area contributed by atoms with Gasteiger partial charge in [0, 0.05) is 57.8 Å². The second-order valence-electron chi connectivity index (χ2n) is 13.2. The zero-order valence-corrected chi connectivity index (χ0v) is 29.1. The first kappa shape index (κ1) is 31.6. The van der Waals surface area contributed by atoms with E-state index in [0.717, 1.165) is 15.6 Å². The zero-order chi connectivity index (χ0) is 34.6. The predicted octanol–water partition coefficient (Wildman–Crippen LogP) is 4.50. The smallest absolute Gasteiger partial charge is 0.308 e. The number of hydrogen-bond donors (Lipinski definition) is 1. The van der Waals surface area contributed by atoms with Gasteiger partial charge in [0.1, 0.15) is 11.8 Å². The number of aromatic hydroxyl groups is 1. The number of amides is 2. The highest BCUT2D eigenvalue weighted by Gasteiger charge is 2.58. The molecule has 2 amide bonds. The van der Waals surface area contributed by atoms with Gasteiger partial charge in [0.2, 0.25) is 6.79 Å². The van der Waals surface area contributed by atoms with Crippen molar-refractivity contribution in [2.45, 2.75) is 63.8 Å². The number of carbonyl (C=O) groups is 3. The number of halogens is 1. The molecular formula is C36H33BrN4O8. The van der Waals surface area contributed by atoms with E-state index in [-0.39, 0.29) is 25.1 Å². The van der Waals surface area contributed by atoms with Crippen LogP contribution in [0, 0.1) is 25.2 Å². The zero-order valence-electron chi connectivity index (χ0n) is 27.5. The third-order valence-corrected chi connectivity index (χ3v) is 12.0. The van der Waals surface area contributed by atoms with Gasteiger partial charge in [-0.15, -0.1) is 0 Å². The average Bonchev–Trinajstić information content (AvgIpc) is 3.66. The van der Waals surface area contributed by atoms with E-state index in [2.05, 4.69) is 31.8 Å². The molecule has 5 atom stereocenters. The summed E-state index contributed by atoms with van der Waals surface area (Å²) in [7, 11) is 3.47. The molecule has 8 rings (SSSR count). The number of likely N-dealkylation sites (N-methyl/N-ethyl adjacent to an activating group) is 1. The van der Waals surface area contributed by atoms with Gasteiger partial charge in [-0.1, -0.05) is 28.1 Å². The number of ether oxygens (including phenoxy) is 4. The molecule has 1 N–H and O–H groups in total. The van der Waals surface area contributed by atoms with Crippen molar-refractivity contribution in [3.63, 3.8) is 0 Å². The number of fused-ring (bicyclic) bond motifs is 10. The molecule has 49 heavy (non-hydrogen) atoms. The maximum absolute atomic E-state index is 13.8. The lowest BCUT2D eigenvalue weighted by atomic mass is 9.71. The molecule has 5 aliphatic heterocycles. The molecule has 2 bridgehead atoms. The van der Waals surface area contributed by atoms with Crippen LogP contribution >= 0.6 is 15.9 Å². The van der Waals surface area contributed by atoms with E-state index in [4.69, 9.17) is 18.9 Å². The topological polar surface area (TPSA) is 142 Å². The van der Waals surface area contributed by atoms with Crippen molar-refractivity contribution < 1.29 is 38.4 Å². The molecule has 0 aromatic heterocycles. The number of phenols is 1. The van der Waals surface area contributed by atoms with Crippen LogP contribution in [0.25, 0.3) is 0 Å². The summed E-state index contributed by atoms with van der Waals surface area (Å²) in [5, 5.41) is 22.8. The van der Waals surface area contributed by atoms with Crippen LogP contribution < -0.4 is 18.9 Å². The Bertz CT molecular complexity index is 2020.